The maximum Gasteiger partial charge on any atom is 0.0255 e. The molecule has 0 aliphatic rings. The normalized spacial score (nSPS) is 14.9. The fraction of sp³-hybridized carbons (Fsp3) is 0.818. The van der Waals surface area contributed by atoms with Crippen molar-refractivity contribution in [1.82, 2.24) is 5.32 Å². The molecule has 12 heavy (non-hydrogen) atoms. The second-order valence-corrected chi connectivity index (χ2v) is 4.82. The summed E-state index contributed by atoms with van der Waals surface area (Å²) in [5, 5.41) is 3.45. The maximum absolute atomic E-state index is 4.12. The van der Waals surface area contributed by atoms with Crippen LogP contribution in [0.1, 0.15) is 41.5 Å². The van der Waals surface area contributed by atoms with E-state index in [0.29, 0.717) is 12.1 Å². The molecule has 1 heteroatoms. The van der Waals surface area contributed by atoms with Gasteiger partial charge < -0.3 is 5.32 Å². The lowest BCUT2D eigenvalue weighted by Crippen LogP contribution is -2.36. The van der Waals surface area contributed by atoms with Gasteiger partial charge in [-0.1, -0.05) is 46.8 Å². The molecular formula is C11H23N. The molecular weight excluding hydrogens is 146 g/mol. The van der Waals surface area contributed by atoms with Gasteiger partial charge in [0, 0.05) is 12.1 Å². The SMILES string of the molecule is C=C(C(C)NC(C)C)C(C)(C)C. The number of hydrogen-bond acceptors (Lipinski definition) is 1. The molecule has 0 aliphatic heterocycles. The van der Waals surface area contributed by atoms with Crippen molar-refractivity contribution in [3.05, 3.63) is 12.2 Å². The summed E-state index contributed by atoms with van der Waals surface area (Å²) in [6.07, 6.45) is 0. The van der Waals surface area contributed by atoms with Gasteiger partial charge in [0.2, 0.25) is 0 Å². The third-order valence-electron chi connectivity index (χ3n) is 2.07. The first-order valence-electron chi connectivity index (χ1n) is 4.70. The summed E-state index contributed by atoms with van der Waals surface area (Å²) in [5.41, 5.74) is 1.48. The van der Waals surface area contributed by atoms with E-state index in [2.05, 4.69) is 53.4 Å². The van der Waals surface area contributed by atoms with E-state index in [4.69, 9.17) is 0 Å². The van der Waals surface area contributed by atoms with E-state index in [1.54, 1.807) is 0 Å². The van der Waals surface area contributed by atoms with E-state index in [-0.39, 0.29) is 5.41 Å². The average molecular weight is 169 g/mol. The third-order valence-corrected chi connectivity index (χ3v) is 2.07. The van der Waals surface area contributed by atoms with Gasteiger partial charge in [-0.15, -0.1) is 0 Å². The van der Waals surface area contributed by atoms with Gasteiger partial charge in [0.05, 0.1) is 0 Å². The van der Waals surface area contributed by atoms with Crippen LogP contribution < -0.4 is 5.32 Å². The van der Waals surface area contributed by atoms with Gasteiger partial charge in [-0.2, -0.15) is 0 Å². The number of nitrogens with one attached hydrogen (secondary N) is 1. The van der Waals surface area contributed by atoms with Crippen LogP contribution >= 0.6 is 0 Å². The predicted octanol–water partition coefficient (Wildman–Crippen LogP) is 2.98. The van der Waals surface area contributed by atoms with Crippen LogP contribution in [0, 0.1) is 5.41 Å². The van der Waals surface area contributed by atoms with Crippen molar-refractivity contribution >= 4 is 0 Å². The molecule has 0 aromatic rings. The molecule has 0 saturated carbocycles. The Labute approximate surface area is 77.2 Å². The fourth-order valence-electron chi connectivity index (χ4n) is 1.25. The summed E-state index contributed by atoms with van der Waals surface area (Å²) < 4.78 is 0. The molecule has 0 fully saturated rings. The summed E-state index contributed by atoms with van der Waals surface area (Å²) in [6.45, 7) is 17.2. The Bertz CT molecular complexity index is 151. The highest BCUT2D eigenvalue weighted by molar-refractivity contribution is 5.12. The molecule has 0 saturated heterocycles. The molecule has 0 aliphatic carbocycles. The highest BCUT2D eigenvalue weighted by Gasteiger charge is 2.20. The second-order valence-electron chi connectivity index (χ2n) is 4.82. The molecule has 72 valence electrons. The van der Waals surface area contributed by atoms with Gasteiger partial charge in [-0.3, -0.25) is 0 Å². The monoisotopic (exact) mass is 169 g/mol. The van der Waals surface area contributed by atoms with Crippen molar-refractivity contribution in [2.45, 2.75) is 53.6 Å². The van der Waals surface area contributed by atoms with E-state index in [1.165, 1.54) is 5.57 Å². The Morgan fingerprint density at radius 1 is 1.17 bits per heavy atom. The summed E-state index contributed by atoms with van der Waals surface area (Å²) >= 11 is 0. The summed E-state index contributed by atoms with van der Waals surface area (Å²) in [7, 11) is 0. The Morgan fingerprint density at radius 3 is 1.83 bits per heavy atom. The van der Waals surface area contributed by atoms with Crippen LogP contribution in [0.15, 0.2) is 12.2 Å². The van der Waals surface area contributed by atoms with E-state index >= 15 is 0 Å². The molecule has 0 radical (unpaired) electrons. The van der Waals surface area contributed by atoms with E-state index in [1.807, 2.05) is 0 Å². The Hall–Kier alpha value is -0.300. The maximum atomic E-state index is 4.12. The molecule has 0 amide bonds. The molecule has 1 unspecified atom stereocenters. The lowest BCUT2D eigenvalue weighted by Gasteiger charge is -2.29. The average Bonchev–Trinajstić information content (AvgIpc) is 1.82. The molecule has 0 bridgehead atoms. The first-order chi connectivity index (χ1) is 5.25. The van der Waals surface area contributed by atoms with Crippen molar-refractivity contribution < 1.29 is 0 Å². The quantitative estimate of drug-likeness (QED) is 0.640. The molecule has 1 nitrogen and oxygen atoms in total. The first kappa shape index (κ1) is 11.7. The minimum absolute atomic E-state index is 0.210. The van der Waals surface area contributed by atoms with Crippen molar-refractivity contribution in [2.24, 2.45) is 5.41 Å². The van der Waals surface area contributed by atoms with Crippen LogP contribution in [-0.4, -0.2) is 12.1 Å². The Kier molecular flexibility index (Phi) is 3.98. The predicted molar refractivity (Wildman–Crippen MR) is 56.3 cm³/mol. The summed E-state index contributed by atoms with van der Waals surface area (Å²) in [6, 6.07) is 0.934. The zero-order valence-corrected chi connectivity index (χ0v) is 9.36. The highest BCUT2D eigenvalue weighted by Crippen LogP contribution is 2.26. The minimum atomic E-state index is 0.210. The van der Waals surface area contributed by atoms with Crippen LogP contribution in [0.25, 0.3) is 0 Å². The largest absolute Gasteiger partial charge is 0.308 e. The molecule has 1 atom stereocenters. The Morgan fingerprint density at radius 2 is 1.58 bits per heavy atom. The summed E-state index contributed by atoms with van der Waals surface area (Å²) in [4.78, 5) is 0. The van der Waals surface area contributed by atoms with Crippen LogP contribution in [0.3, 0.4) is 0 Å². The van der Waals surface area contributed by atoms with Crippen LogP contribution in [0.4, 0.5) is 0 Å². The third kappa shape index (κ3) is 3.91. The molecule has 0 spiro atoms. The van der Waals surface area contributed by atoms with E-state index < -0.39 is 0 Å². The number of hydrogen-bond donors (Lipinski definition) is 1. The van der Waals surface area contributed by atoms with Gasteiger partial charge in [-0.05, 0) is 12.3 Å². The fourth-order valence-corrected chi connectivity index (χ4v) is 1.25. The minimum Gasteiger partial charge on any atom is -0.308 e. The van der Waals surface area contributed by atoms with Gasteiger partial charge in [0.25, 0.3) is 0 Å². The van der Waals surface area contributed by atoms with Gasteiger partial charge in [-0.25, -0.2) is 0 Å². The smallest absolute Gasteiger partial charge is 0.0255 e. The van der Waals surface area contributed by atoms with Gasteiger partial charge >= 0.3 is 0 Å². The molecule has 1 N–H and O–H groups in total. The lowest BCUT2D eigenvalue weighted by atomic mass is 9.83. The zero-order valence-electron chi connectivity index (χ0n) is 9.36. The van der Waals surface area contributed by atoms with Crippen LogP contribution in [-0.2, 0) is 0 Å². The standard InChI is InChI=1S/C11H23N/c1-8(2)12-10(4)9(3)11(5,6)7/h8,10,12H,3H2,1-2,4-7H3. The lowest BCUT2D eigenvalue weighted by molar-refractivity contribution is 0.422. The van der Waals surface area contributed by atoms with Crippen molar-refractivity contribution in [3.63, 3.8) is 0 Å². The van der Waals surface area contributed by atoms with E-state index in [9.17, 15) is 0 Å². The Balaban J connectivity index is 4.12. The van der Waals surface area contributed by atoms with Crippen molar-refractivity contribution in [2.75, 3.05) is 0 Å². The zero-order chi connectivity index (χ0) is 9.94. The first-order valence-corrected chi connectivity index (χ1v) is 4.70. The van der Waals surface area contributed by atoms with Gasteiger partial charge in [0.15, 0.2) is 0 Å². The van der Waals surface area contributed by atoms with Crippen LogP contribution in [0.5, 0.6) is 0 Å². The van der Waals surface area contributed by atoms with Crippen molar-refractivity contribution in [3.8, 4) is 0 Å². The van der Waals surface area contributed by atoms with E-state index in [0.717, 1.165) is 0 Å². The molecule has 0 aromatic heterocycles. The number of rotatable bonds is 3. The molecule has 0 aromatic carbocycles. The van der Waals surface area contributed by atoms with Crippen LogP contribution in [0.2, 0.25) is 0 Å². The molecule has 0 rings (SSSR count). The van der Waals surface area contributed by atoms with Gasteiger partial charge in [0.1, 0.15) is 0 Å². The second kappa shape index (κ2) is 4.08. The highest BCUT2D eigenvalue weighted by atomic mass is 14.9. The van der Waals surface area contributed by atoms with Crippen molar-refractivity contribution in [1.29, 1.82) is 0 Å². The molecule has 0 heterocycles. The summed E-state index contributed by atoms with van der Waals surface area (Å²) in [5.74, 6) is 0. The topological polar surface area (TPSA) is 12.0 Å².